The zero-order valence-electron chi connectivity index (χ0n) is 35.2. The molecule has 4 heterocycles. The molecule has 0 saturated carbocycles. The summed E-state index contributed by atoms with van der Waals surface area (Å²) in [6, 6.07) is 17.6. The summed E-state index contributed by atoms with van der Waals surface area (Å²) in [5.74, 6) is 1.29. The predicted molar refractivity (Wildman–Crippen MR) is 229 cm³/mol. The maximum atomic E-state index is 13.8. The van der Waals surface area contributed by atoms with E-state index >= 15 is 0 Å². The number of aromatic amines is 2. The average Bonchev–Trinajstić information content (AvgIpc) is 4.08. The maximum Gasteiger partial charge on any atom is 0.407 e. The van der Waals surface area contributed by atoms with Gasteiger partial charge in [0, 0.05) is 38.2 Å². The molecule has 2 aromatic heterocycles. The lowest BCUT2D eigenvalue weighted by Gasteiger charge is -2.31. The third-order valence-electron chi connectivity index (χ3n) is 12.5. The highest BCUT2D eigenvalue weighted by Crippen LogP contribution is 2.40. The summed E-state index contributed by atoms with van der Waals surface area (Å²) >= 11 is 0. The third-order valence-corrected chi connectivity index (χ3v) is 12.5. The van der Waals surface area contributed by atoms with Crippen molar-refractivity contribution in [1.29, 1.82) is 0 Å². The van der Waals surface area contributed by atoms with E-state index in [4.69, 9.17) is 19.4 Å². The summed E-state index contributed by atoms with van der Waals surface area (Å²) in [5, 5.41) is 18.1. The number of fused-ring (bicyclic) bond motifs is 3. The number of H-pyrrole nitrogens is 2. The highest BCUT2D eigenvalue weighted by atomic mass is 16.6. The largest absolute Gasteiger partial charge is 0.453 e. The van der Waals surface area contributed by atoms with Gasteiger partial charge in [-0.25, -0.2) is 14.8 Å². The molecule has 5 N–H and O–H groups in total. The number of likely N-dealkylation sites (tertiary alicyclic amines) is 2. The molecule has 14 heteroatoms. The first-order valence-corrected chi connectivity index (χ1v) is 21.2. The molecule has 8 rings (SSSR count). The Morgan fingerprint density at radius 3 is 2.18 bits per heavy atom. The number of alkyl carbamates (subject to hydrolysis) is 1. The van der Waals surface area contributed by atoms with Crippen LogP contribution in [0.4, 0.5) is 4.79 Å². The second-order valence-electron chi connectivity index (χ2n) is 17.0. The van der Waals surface area contributed by atoms with E-state index in [0.29, 0.717) is 13.1 Å². The first-order valence-electron chi connectivity index (χ1n) is 21.2. The highest BCUT2D eigenvalue weighted by molar-refractivity contribution is 6.00. The van der Waals surface area contributed by atoms with E-state index in [9.17, 15) is 19.5 Å². The van der Waals surface area contributed by atoms with Crippen molar-refractivity contribution in [2.75, 3.05) is 27.3 Å². The minimum Gasteiger partial charge on any atom is -0.453 e. The van der Waals surface area contributed by atoms with Crippen LogP contribution in [0.3, 0.4) is 0 Å². The van der Waals surface area contributed by atoms with Gasteiger partial charge >= 0.3 is 6.09 Å². The minimum absolute atomic E-state index is 0.0533. The molecule has 2 unspecified atom stereocenters. The average molecular weight is 817 g/mol. The number of allylic oxidation sites excluding steroid dienone is 1. The Bertz CT molecular complexity index is 2420. The van der Waals surface area contributed by atoms with Crippen LogP contribution < -0.4 is 10.6 Å². The smallest absolute Gasteiger partial charge is 0.407 e. The van der Waals surface area contributed by atoms with Gasteiger partial charge in [0.05, 0.1) is 42.0 Å². The molecular formula is C46H56N8O6. The van der Waals surface area contributed by atoms with Gasteiger partial charge in [0.25, 0.3) is 0 Å². The summed E-state index contributed by atoms with van der Waals surface area (Å²) in [5.41, 5.74) is 7.09. The van der Waals surface area contributed by atoms with Gasteiger partial charge in [-0.1, -0.05) is 76.2 Å². The number of hydrogen-bond donors (Lipinski definition) is 5. The van der Waals surface area contributed by atoms with E-state index in [1.165, 1.54) is 25.2 Å². The number of aliphatic hydroxyl groups excluding tert-OH is 1. The number of amides is 3. The number of ether oxygens (including phenoxy) is 2. The van der Waals surface area contributed by atoms with E-state index in [1.807, 2.05) is 43.6 Å². The molecular weight excluding hydrogens is 761 g/mol. The Kier molecular flexibility index (Phi) is 11.8. The van der Waals surface area contributed by atoms with Gasteiger partial charge in [-0.05, 0) is 83.2 Å². The first-order chi connectivity index (χ1) is 28.9. The minimum atomic E-state index is -1.23. The van der Waals surface area contributed by atoms with Crippen molar-refractivity contribution in [2.24, 2.45) is 11.8 Å². The molecule has 2 aliphatic heterocycles. The van der Waals surface area contributed by atoms with E-state index < -0.39 is 24.6 Å². The van der Waals surface area contributed by atoms with Crippen LogP contribution in [0.25, 0.3) is 39.0 Å². The van der Waals surface area contributed by atoms with Crippen LogP contribution in [0.1, 0.15) is 100.0 Å². The Morgan fingerprint density at radius 2 is 1.50 bits per heavy atom. The molecule has 1 aliphatic carbocycles. The quantitative estimate of drug-likeness (QED) is 0.0858. The van der Waals surface area contributed by atoms with Crippen molar-refractivity contribution in [3.8, 4) is 11.1 Å². The van der Waals surface area contributed by atoms with E-state index in [0.717, 1.165) is 82.7 Å². The number of benzene rings is 3. The molecule has 14 nitrogen and oxygen atoms in total. The molecule has 3 aliphatic rings. The third kappa shape index (κ3) is 7.91. The molecule has 0 radical (unpaired) electrons. The molecule has 6 atom stereocenters. The summed E-state index contributed by atoms with van der Waals surface area (Å²) in [4.78, 5) is 60.5. The molecule has 0 spiro atoms. The summed E-state index contributed by atoms with van der Waals surface area (Å²) in [6.07, 6.45) is 6.53. The number of imidazole rings is 2. The fourth-order valence-electron chi connectivity index (χ4n) is 9.32. The molecule has 2 saturated heterocycles. The molecule has 316 valence electrons. The number of rotatable bonds is 12. The van der Waals surface area contributed by atoms with Crippen molar-refractivity contribution < 1.29 is 29.0 Å². The first kappa shape index (κ1) is 41.2. The lowest BCUT2D eigenvalue weighted by atomic mass is 9.85. The zero-order valence-corrected chi connectivity index (χ0v) is 35.2. The molecule has 5 aromatic rings. The van der Waals surface area contributed by atoms with Crippen LogP contribution in [0.5, 0.6) is 0 Å². The maximum absolute atomic E-state index is 13.8. The van der Waals surface area contributed by atoms with Gasteiger partial charge in [0.15, 0.2) is 0 Å². The normalized spacial score (nSPS) is 20.6. The number of aromatic nitrogens is 4. The van der Waals surface area contributed by atoms with Crippen molar-refractivity contribution in [3.63, 3.8) is 0 Å². The summed E-state index contributed by atoms with van der Waals surface area (Å²) in [7, 11) is 2.70. The van der Waals surface area contributed by atoms with Crippen LogP contribution in [-0.4, -0.2) is 98.6 Å². The van der Waals surface area contributed by atoms with Crippen LogP contribution in [0.15, 0.2) is 60.7 Å². The van der Waals surface area contributed by atoms with Crippen molar-refractivity contribution in [1.82, 2.24) is 40.4 Å². The number of carbonyl (C=O) groups excluding carboxylic acids is 3. The van der Waals surface area contributed by atoms with Gasteiger partial charge in [0.1, 0.15) is 17.7 Å². The molecule has 0 bridgehead atoms. The Balaban J connectivity index is 1.02. The Labute approximate surface area is 350 Å². The highest BCUT2D eigenvalue weighted by Gasteiger charge is 2.39. The molecule has 2 fully saturated rings. The van der Waals surface area contributed by atoms with Crippen molar-refractivity contribution in [3.05, 3.63) is 89.3 Å². The zero-order chi connectivity index (χ0) is 42.2. The molecule has 60 heavy (non-hydrogen) atoms. The number of methoxy groups -OCH3 is 2. The topological polar surface area (TPSA) is 178 Å². The number of nitrogens with one attached hydrogen (secondary N) is 4. The second kappa shape index (κ2) is 17.2. The van der Waals surface area contributed by atoms with Gasteiger partial charge in [-0.3, -0.25) is 14.9 Å². The lowest BCUT2D eigenvalue weighted by Crippen LogP contribution is -2.52. The van der Waals surface area contributed by atoms with Crippen molar-refractivity contribution >= 4 is 45.8 Å². The second-order valence-corrected chi connectivity index (χ2v) is 17.0. The van der Waals surface area contributed by atoms with Crippen LogP contribution >= 0.6 is 0 Å². The van der Waals surface area contributed by atoms with E-state index in [-0.39, 0.29) is 41.7 Å². The van der Waals surface area contributed by atoms with Gasteiger partial charge in [0.2, 0.25) is 18.2 Å². The van der Waals surface area contributed by atoms with Crippen LogP contribution in [0.2, 0.25) is 0 Å². The van der Waals surface area contributed by atoms with E-state index in [1.54, 1.807) is 0 Å². The van der Waals surface area contributed by atoms with Crippen LogP contribution in [0, 0.1) is 11.8 Å². The monoisotopic (exact) mass is 816 g/mol. The standard InChI is InChI=1S/C46H56N8O6/c1-25(2)39(51-45(57)59-5)43(55)53-21-9-15-37(53)41-47-33-19-17-27(23-35(33)49-41)29-11-7-14-32-30(12-8-13-31(29)32)28-18-20-34-36(24-28)50-42(48-34)38-16-10-22-54(38)44(56)40(26(3)4)52-46(58)60-6/h7-8,11-14,17-20,23,25-26,28,37-40,45,51,57H,9-10,15-16,21-22,24H2,1-6H3,(H,47,49)(H,48,50)(H,52,58)/t28?,37-,38-,39-,40-,45?/m0/s1. The lowest BCUT2D eigenvalue weighted by molar-refractivity contribution is -0.145. The van der Waals surface area contributed by atoms with Gasteiger partial charge < -0.3 is 39.7 Å². The number of nitrogens with zero attached hydrogens (tertiary/aromatic N) is 4. The van der Waals surface area contributed by atoms with Gasteiger partial charge in [-0.2, -0.15) is 0 Å². The Morgan fingerprint density at radius 1 is 0.833 bits per heavy atom. The Hall–Kier alpha value is -5.57. The molecule has 3 amide bonds. The van der Waals surface area contributed by atoms with E-state index in [2.05, 4.69) is 81.3 Å². The fraction of sp³-hybridized carbons (Fsp3) is 0.457. The SMILES string of the molecule is COC(=O)N[C@H](C(=O)N1CCC[C@H]1c1nc2c([nH]1)CC(c1cccc3c(-c4ccc5nc([C@@H]6CCCN6C(=O)[C@@H](NC(O)OC)C(C)C)[nH]c5c4)cccc13)C=C2)C(C)C. The fourth-order valence-corrected chi connectivity index (χ4v) is 9.32. The van der Waals surface area contributed by atoms with Crippen LogP contribution in [-0.2, 0) is 25.5 Å². The number of hydrogen-bond acceptors (Lipinski definition) is 9. The molecule has 3 aromatic carbocycles. The number of aliphatic hydroxyl groups is 1. The van der Waals surface area contributed by atoms with Crippen molar-refractivity contribution in [2.45, 2.75) is 96.3 Å². The number of carbonyl (C=O) groups is 3. The van der Waals surface area contributed by atoms with Gasteiger partial charge in [-0.15, -0.1) is 0 Å². The summed E-state index contributed by atoms with van der Waals surface area (Å²) in [6.45, 7) is 8.96. The summed E-state index contributed by atoms with van der Waals surface area (Å²) < 4.78 is 9.80. The predicted octanol–water partition coefficient (Wildman–Crippen LogP) is 6.70.